The predicted octanol–water partition coefficient (Wildman–Crippen LogP) is 6.57. The molecule has 1 unspecified atom stereocenters. The second-order valence-corrected chi connectivity index (χ2v) is 11.4. The molecule has 1 aliphatic rings. The van der Waals surface area contributed by atoms with Gasteiger partial charge >= 0.3 is 12.4 Å². The first kappa shape index (κ1) is 32.1. The number of aromatic nitrogens is 3. The maximum absolute atomic E-state index is 14.2. The number of likely N-dealkylation sites (tertiary alicyclic amines) is 1. The number of thiazole rings is 1. The van der Waals surface area contributed by atoms with Gasteiger partial charge in [0.15, 0.2) is 5.01 Å². The summed E-state index contributed by atoms with van der Waals surface area (Å²) in [5.74, 6) is -3.66. The number of hydrogen-bond acceptors (Lipinski definition) is 8. The second kappa shape index (κ2) is 10.4. The summed E-state index contributed by atoms with van der Waals surface area (Å²) < 4.78 is 143. The van der Waals surface area contributed by atoms with E-state index < -0.39 is 71.6 Å². The molecular formula is C24H22F10N4O3S. The molecule has 1 fully saturated rings. The lowest BCUT2D eigenvalue weighted by atomic mass is 9.89. The van der Waals surface area contributed by atoms with Crippen LogP contribution in [-0.4, -0.2) is 61.2 Å². The highest BCUT2D eigenvalue weighted by molar-refractivity contribution is 7.18. The molecule has 0 saturated carbocycles. The van der Waals surface area contributed by atoms with Crippen molar-refractivity contribution in [2.24, 2.45) is 0 Å². The van der Waals surface area contributed by atoms with E-state index >= 15 is 0 Å². The van der Waals surface area contributed by atoms with Crippen molar-refractivity contribution in [2.45, 2.75) is 75.7 Å². The minimum Gasteiger partial charge on any atom is -0.415 e. The van der Waals surface area contributed by atoms with Gasteiger partial charge in [-0.25, -0.2) is 22.5 Å². The van der Waals surface area contributed by atoms with Crippen molar-refractivity contribution < 1.29 is 58.5 Å². The molecule has 0 amide bonds. The Labute approximate surface area is 234 Å². The maximum Gasteiger partial charge on any atom is 0.430 e. The second-order valence-electron chi connectivity index (χ2n) is 10.4. The van der Waals surface area contributed by atoms with Crippen molar-refractivity contribution in [3.05, 3.63) is 40.9 Å². The summed E-state index contributed by atoms with van der Waals surface area (Å²) in [6.45, 7) is 3.02. The van der Waals surface area contributed by atoms with E-state index in [1.807, 2.05) is 0 Å². The molecule has 1 aliphatic heterocycles. The molecule has 3 aromatic rings. The van der Waals surface area contributed by atoms with E-state index in [0.717, 1.165) is 0 Å². The number of halogens is 10. The lowest BCUT2D eigenvalue weighted by Gasteiger charge is -2.33. The van der Waals surface area contributed by atoms with Gasteiger partial charge in [-0.2, -0.15) is 26.3 Å². The van der Waals surface area contributed by atoms with Gasteiger partial charge in [0.05, 0.1) is 17.1 Å². The highest BCUT2D eigenvalue weighted by Gasteiger charge is 2.71. The van der Waals surface area contributed by atoms with Crippen LogP contribution in [0.3, 0.4) is 0 Å². The minimum absolute atomic E-state index is 0.101. The Balaban J connectivity index is 1.89. The average Bonchev–Trinajstić information content (AvgIpc) is 3.53. The van der Waals surface area contributed by atoms with Gasteiger partial charge in [0.2, 0.25) is 5.89 Å². The summed E-state index contributed by atoms with van der Waals surface area (Å²) in [5, 5.41) is 27.1. The SMILES string of the molecule is CC1CC(F)(F)CN1Cc1nc(-c2nnc(C(C)(C)O)o2)sc1-c1ccc(C(O)(C(F)(F)F)C(F)(F)F)cc1C(F)F. The lowest BCUT2D eigenvalue weighted by molar-refractivity contribution is -0.376. The number of rotatable bonds is 7. The smallest absolute Gasteiger partial charge is 0.415 e. The van der Waals surface area contributed by atoms with Crippen molar-refractivity contribution in [1.82, 2.24) is 20.1 Å². The van der Waals surface area contributed by atoms with Gasteiger partial charge in [0.25, 0.3) is 23.8 Å². The summed E-state index contributed by atoms with van der Waals surface area (Å²) in [5.41, 5.74) is -10.9. The van der Waals surface area contributed by atoms with Gasteiger partial charge in [-0.3, -0.25) is 4.90 Å². The summed E-state index contributed by atoms with van der Waals surface area (Å²) in [6.07, 6.45) is -16.8. The third kappa shape index (κ3) is 5.85. The first-order valence-electron chi connectivity index (χ1n) is 12.0. The molecular weight excluding hydrogens is 614 g/mol. The first-order chi connectivity index (χ1) is 19.0. The van der Waals surface area contributed by atoms with Crippen LogP contribution in [0.1, 0.15) is 56.3 Å². The third-order valence-electron chi connectivity index (χ3n) is 6.60. The van der Waals surface area contributed by atoms with Crippen LogP contribution < -0.4 is 0 Å². The largest absolute Gasteiger partial charge is 0.430 e. The topological polar surface area (TPSA) is 95.5 Å². The Bertz CT molecular complexity index is 1430. The van der Waals surface area contributed by atoms with Crippen LogP contribution in [0, 0.1) is 0 Å². The van der Waals surface area contributed by atoms with Crippen LogP contribution in [0.25, 0.3) is 21.3 Å². The molecule has 2 aromatic heterocycles. The molecule has 0 aliphatic carbocycles. The van der Waals surface area contributed by atoms with Crippen molar-refractivity contribution in [2.75, 3.05) is 6.54 Å². The fourth-order valence-corrected chi connectivity index (χ4v) is 5.51. The highest BCUT2D eigenvalue weighted by atomic mass is 32.1. The summed E-state index contributed by atoms with van der Waals surface area (Å²) >= 11 is 0.587. The van der Waals surface area contributed by atoms with Crippen LogP contribution in [0.2, 0.25) is 0 Å². The number of alkyl halides is 10. The van der Waals surface area contributed by atoms with Crippen molar-refractivity contribution in [3.63, 3.8) is 0 Å². The van der Waals surface area contributed by atoms with E-state index in [9.17, 15) is 54.1 Å². The van der Waals surface area contributed by atoms with Crippen LogP contribution in [-0.2, 0) is 17.7 Å². The van der Waals surface area contributed by atoms with E-state index in [1.54, 1.807) is 0 Å². The zero-order valence-corrected chi connectivity index (χ0v) is 22.6. The Morgan fingerprint density at radius 1 is 1.07 bits per heavy atom. The van der Waals surface area contributed by atoms with Crippen molar-refractivity contribution >= 4 is 11.3 Å². The van der Waals surface area contributed by atoms with Gasteiger partial charge in [-0.1, -0.05) is 12.1 Å². The van der Waals surface area contributed by atoms with Crippen LogP contribution >= 0.6 is 11.3 Å². The molecule has 0 spiro atoms. The summed E-state index contributed by atoms with van der Waals surface area (Å²) in [6, 6.07) is -0.0563. The number of hydrogen-bond donors (Lipinski definition) is 2. The molecule has 232 valence electrons. The van der Waals surface area contributed by atoms with E-state index in [2.05, 4.69) is 15.2 Å². The standard InChI is InChI=1S/C24H22F10N4O3S/c1-10-7-21(27,28)9-38(10)8-14-15(42-18(35-14)17-36-37-19(41-17)20(2,3)39)12-5-4-11(6-13(12)16(25)26)22(40,23(29,30)31)24(32,33)34/h4-6,10,16,39-40H,7-9H2,1-3H3. The normalized spacial score (nSPS) is 18.8. The van der Waals surface area contributed by atoms with Gasteiger partial charge in [-0.05, 0) is 26.8 Å². The summed E-state index contributed by atoms with van der Waals surface area (Å²) in [4.78, 5) is 5.32. The molecule has 42 heavy (non-hydrogen) atoms. The summed E-state index contributed by atoms with van der Waals surface area (Å²) in [7, 11) is 0. The highest BCUT2D eigenvalue weighted by Crippen LogP contribution is 2.51. The fourth-order valence-electron chi connectivity index (χ4n) is 4.46. The zero-order chi connectivity index (χ0) is 31.6. The molecule has 1 atom stereocenters. The first-order valence-corrected chi connectivity index (χ1v) is 12.8. The number of benzene rings is 1. The predicted molar refractivity (Wildman–Crippen MR) is 126 cm³/mol. The van der Waals surface area contributed by atoms with Crippen LogP contribution in [0.15, 0.2) is 22.6 Å². The van der Waals surface area contributed by atoms with E-state index in [0.29, 0.717) is 17.4 Å². The lowest BCUT2D eigenvalue weighted by Crippen LogP contribution is -2.54. The fraction of sp³-hybridized carbons (Fsp3) is 0.542. The van der Waals surface area contributed by atoms with E-state index in [-0.39, 0.29) is 46.0 Å². The molecule has 2 N–H and O–H groups in total. The number of aliphatic hydroxyl groups is 2. The Kier molecular flexibility index (Phi) is 7.96. The molecule has 7 nitrogen and oxygen atoms in total. The molecule has 0 radical (unpaired) electrons. The zero-order valence-electron chi connectivity index (χ0n) is 21.8. The van der Waals surface area contributed by atoms with Gasteiger partial charge in [0, 0.05) is 35.7 Å². The Hall–Kier alpha value is -2.83. The average molecular weight is 637 g/mol. The van der Waals surface area contributed by atoms with Crippen molar-refractivity contribution in [3.8, 4) is 21.3 Å². The molecule has 4 rings (SSSR count). The Morgan fingerprint density at radius 3 is 2.17 bits per heavy atom. The monoisotopic (exact) mass is 636 g/mol. The van der Waals surface area contributed by atoms with Gasteiger partial charge < -0.3 is 14.6 Å². The van der Waals surface area contributed by atoms with Gasteiger partial charge in [-0.15, -0.1) is 21.5 Å². The van der Waals surface area contributed by atoms with Crippen molar-refractivity contribution in [1.29, 1.82) is 0 Å². The molecule has 18 heteroatoms. The third-order valence-corrected chi connectivity index (χ3v) is 7.72. The quantitative estimate of drug-likeness (QED) is 0.284. The van der Waals surface area contributed by atoms with E-state index in [1.165, 1.54) is 25.7 Å². The molecule has 0 bridgehead atoms. The number of nitrogens with zero attached hydrogens (tertiary/aromatic N) is 4. The molecule has 1 aromatic carbocycles. The molecule has 1 saturated heterocycles. The Morgan fingerprint density at radius 2 is 1.69 bits per heavy atom. The minimum atomic E-state index is -6.32. The maximum atomic E-state index is 14.2. The van der Waals surface area contributed by atoms with Crippen LogP contribution in [0.5, 0.6) is 0 Å². The van der Waals surface area contributed by atoms with Crippen LogP contribution in [0.4, 0.5) is 43.9 Å². The van der Waals surface area contributed by atoms with Gasteiger partial charge in [0.1, 0.15) is 5.60 Å². The van der Waals surface area contributed by atoms with E-state index in [4.69, 9.17) is 4.42 Å². The molecule has 3 heterocycles.